The van der Waals surface area contributed by atoms with Crippen molar-refractivity contribution >= 4 is 5.91 Å². The largest absolute Gasteiger partial charge is 0.395 e. The normalized spacial score (nSPS) is 25.1. The maximum absolute atomic E-state index is 15.2. The molecule has 3 fully saturated rings. The molecule has 3 heterocycles. The van der Waals surface area contributed by atoms with Gasteiger partial charge in [0.1, 0.15) is 24.0 Å². The summed E-state index contributed by atoms with van der Waals surface area (Å²) in [6.45, 7) is 1.79. The zero-order valence-electron chi connectivity index (χ0n) is 18.2. The molecule has 0 aromatic carbocycles. The van der Waals surface area contributed by atoms with Gasteiger partial charge in [0.05, 0.1) is 23.9 Å². The molecule has 0 spiro atoms. The third-order valence-corrected chi connectivity index (χ3v) is 6.80. The number of piperidine rings is 1. The summed E-state index contributed by atoms with van der Waals surface area (Å²) in [6, 6.07) is -0.751. The van der Waals surface area contributed by atoms with E-state index in [0.717, 1.165) is 12.8 Å². The number of alkyl halides is 4. The first-order chi connectivity index (χ1) is 15.7. The number of hydrogen-bond acceptors (Lipinski definition) is 6. The van der Waals surface area contributed by atoms with Crippen molar-refractivity contribution in [3.8, 4) is 5.82 Å². The first-order valence-electron chi connectivity index (χ1n) is 11.1. The topological polar surface area (TPSA) is 80.0 Å². The number of rotatable bonds is 6. The molecule has 2 aliphatic carbocycles. The molecule has 2 aromatic heterocycles. The van der Waals surface area contributed by atoms with Gasteiger partial charge < -0.3 is 4.90 Å². The zero-order chi connectivity index (χ0) is 23.4. The Balaban J connectivity index is 1.27. The molecule has 33 heavy (non-hydrogen) atoms. The van der Waals surface area contributed by atoms with Crippen molar-refractivity contribution < 1.29 is 22.4 Å². The van der Waals surface area contributed by atoms with E-state index in [1.807, 2.05) is 0 Å². The molecule has 178 valence electrons. The summed E-state index contributed by atoms with van der Waals surface area (Å²) in [7, 11) is 0. The SMILES string of the molecule is Cc1ncn(-c2cnc(C(=O)N(C3CC3)[C@@H]3CCN(CC4(C(F)(F)F)CC4)C[C@@H]3F)cn2)n1. The predicted molar refractivity (Wildman–Crippen MR) is 108 cm³/mol. The molecule has 0 N–H and O–H groups in total. The summed E-state index contributed by atoms with van der Waals surface area (Å²) < 4.78 is 56.6. The fraction of sp³-hybridized carbons (Fsp3) is 0.667. The number of carbonyl (C=O) groups excluding carboxylic acids is 1. The van der Waals surface area contributed by atoms with E-state index in [1.165, 1.54) is 23.4 Å². The molecule has 0 radical (unpaired) electrons. The highest BCUT2D eigenvalue weighted by Crippen LogP contribution is 2.58. The van der Waals surface area contributed by atoms with Crippen molar-refractivity contribution in [2.75, 3.05) is 19.6 Å². The number of hydrogen-bond donors (Lipinski definition) is 0. The minimum Gasteiger partial charge on any atom is -0.328 e. The number of nitrogens with zero attached hydrogens (tertiary/aromatic N) is 7. The van der Waals surface area contributed by atoms with Crippen molar-refractivity contribution in [1.29, 1.82) is 0 Å². The quantitative estimate of drug-likeness (QED) is 0.608. The lowest BCUT2D eigenvalue weighted by Crippen LogP contribution is -2.56. The van der Waals surface area contributed by atoms with Crippen LogP contribution in [0, 0.1) is 12.3 Å². The third kappa shape index (κ3) is 4.32. The highest BCUT2D eigenvalue weighted by Gasteiger charge is 2.63. The van der Waals surface area contributed by atoms with E-state index in [2.05, 4.69) is 20.1 Å². The van der Waals surface area contributed by atoms with Gasteiger partial charge in [-0.3, -0.25) is 9.69 Å². The average molecular weight is 467 g/mol. The molecule has 0 unspecified atom stereocenters. The molecule has 2 saturated carbocycles. The summed E-state index contributed by atoms with van der Waals surface area (Å²) >= 11 is 0. The fourth-order valence-electron chi connectivity index (χ4n) is 4.60. The monoisotopic (exact) mass is 467 g/mol. The summed E-state index contributed by atoms with van der Waals surface area (Å²) in [5.41, 5.74) is -1.59. The Hall–Kier alpha value is -2.63. The van der Waals surface area contributed by atoms with Crippen LogP contribution in [0.4, 0.5) is 17.6 Å². The van der Waals surface area contributed by atoms with Crippen LogP contribution in [0.2, 0.25) is 0 Å². The van der Waals surface area contributed by atoms with Gasteiger partial charge in [-0.05, 0) is 39.0 Å². The van der Waals surface area contributed by atoms with Crippen LogP contribution >= 0.6 is 0 Å². The molecule has 3 aliphatic rings. The summed E-state index contributed by atoms with van der Waals surface area (Å²) in [5.74, 6) is 0.571. The Labute approximate surface area is 188 Å². The van der Waals surface area contributed by atoms with Crippen LogP contribution in [-0.2, 0) is 0 Å². The van der Waals surface area contributed by atoms with E-state index in [-0.39, 0.29) is 37.7 Å². The number of halogens is 4. The minimum atomic E-state index is -4.26. The van der Waals surface area contributed by atoms with E-state index in [0.29, 0.717) is 24.6 Å². The molecule has 1 saturated heterocycles. The minimum absolute atomic E-state index is 0.0725. The molecular weight excluding hydrogens is 442 g/mol. The van der Waals surface area contributed by atoms with Crippen molar-refractivity contribution in [3.63, 3.8) is 0 Å². The van der Waals surface area contributed by atoms with Crippen LogP contribution in [-0.4, -0.2) is 84.5 Å². The summed E-state index contributed by atoms with van der Waals surface area (Å²) in [4.78, 5) is 28.8. The number of amides is 1. The Bertz CT molecular complexity index is 1020. The van der Waals surface area contributed by atoms with Crippen LogP contribution in [0.5, 0.6) is 0 Å². The lowest BCUT2D eigenvalue weighted by Gasteiger charge is -2.42. The van der Waals surface area contributed by atoms with Gasteiger partial charge in [-0.25, -0.2) is 24.0 Å². The molecule has 8 nitrogen and oxygen atoms in total. The Kier molecular flexibility index (Phi) is 5.37. The van der Waals surface area contributed by atoms with Crippen molar-refractivity contribution in [3.05, 3.63) is 30.2 Å². The lowest BCUT2D eigenvalue weighted by atomic mass is 9.97. The first kappa shape index (κ1) is 22.2. The number of likely N-dealkylation sites (tertiary alicyclic amines) is 1. The predicted octanol–water partition coefficient (Wildman–Crippen LogP) is 2.73. The molecule has 2 atom stereocenters. The molecular formula is C21H25F4N7O. The summed E-state index contributed by atoms with van der Waals surface area (Å²) in [6.07, 6.45) is 0.607. The van der Waals surface area contributed by atoms with E-state index in [1.54, 1.807) is 16.7 Å². The zero-order valence-corrected chi connectivity index (χ0v) is 18.2. The molecule has 1 aliphatic heterocycles. The molecule has 1 amide bonds. The average Bonchev–Trinajstić information content (AvgIpc) is 3.69. The Morgan fingerprint density at radius 3 is 2.45 bits per heavy atom. The van der Waals surface area contributed by atoms with Crippen molar-refractivity contribution in [1.82, 2.24) is 34.5 Å². The highest BCUT2D eigenvalue weighted by molar-refractivity contribution is 5.92. The second kappa shape index (κ2) is 8.00. The smallest absolute Gasteiger partial charge is 0.328 e. The maximum atomic E-state index is 15.2. The van der Waals surface area contributed by atoms with Gasteiger partial charge in [0.15, 0.2) is 5.82 Å². The van der Waals surface area contributed by atoms with E-state index < -0.39 is 29.7 Å². The Morgan fingerprint density at radius 2 is 1.94 bits per heavy atom. The highest BCUT2D eigenvalue weighted by atomic mass is 19.4. The molecule has 2 aromatic rings. The van der Waals surface area contributed by atoms with Gasteiger partial charge in [-0.15, -0.1) is 0 Å². The third-order valence-electron chi connectivity index (χ3n) is 6.80. The van der Waals surface area contributed by atoms with Gasteiger partial charge in [-0.2, -0.15) is 18.3 Å². The van der Waals surface area contributed by atoms with Gasteiger partial charge >= 0.3 is 6.18 Å². The number of carbonyl (C=O) groups is 1. The second-order valence-corrected chi connectivity index (χ2v) is 9.33. The van der Waals surface area contributed by atoms with Crippen LogP contribution in [0.15, 0.2) is 18.7 Å². The lowest BCUT2D eigenvalue weighted by molar-refractivity contribution is -0.193. The van der Waals surface area contributed by atoms with Crippen LogP contribution in [0.25, 0.3) is 5.82 Å². The van der Waals surface area contributed by atoms with E-state index in [4.69, 9.17) is 0 Å². The van der Waals surface area contributed by atoms with Crippen LogP contribution < -0.4 is 0 Å². The number of aromatic nitrogens is 5. The van der Waals surface area contributed by atoms with Crippen LogP contribution in [0.1, 0.15) is 48.4 Å². The van der Waals surface area contributed by atoms with Gasteiger partial charge in [-0.1, -0.05) is 0 Å². The van der Waals surface area contributed by atoms with E-state index in [9.17, 15) is 18.0 Å². The molecule has 12 heteroatoms. The Morgan fingerprint density at radius 1 is 1.18 bits per heavy atom. The van der Waals surface area contributed by atoms with Crippen molar-refractivity contribution in [2.45, 2.75) is 63.5 Å². The first-order valence-corrected chi connectivity index (χ1v) is 11.1. The fourth-order valence-corrected chi connectivity index (χ4v) is 4.60. The second-order valence-electron chi connectivity index (χ2n) is 9.33. The number of aryl methyl sites for hydroxylation is 1. The molecule has 0 bridgehead atoms. The van der Waals surface area contributed by atoms with Gasteiger partial charge in [0, 0.05) is 25.7 Å². The molecule has 5 rings (SSSR count). The van der Waals surface area contributed by atoms with Crippen molar-refractivity contribution in [2.24, 2.45) is 5.41 Å². The van der Waals surface area contributed by atoms with Gasteiger partial charge in [0.2, 0.25) is 0 Å². The standard InChI is InChI=1S/C21H25F4N7O/c1-13-28-12-31(29-13)18-9-26-16(8-27-18)19(33)32(14-2-3-14)17-4-7-30(10-15(17)22)11-20(5-6-20)21(23,24)25/h8-9,12,14-15,17H,2-7,10-11H2,1H3/t15-,17+/m0/s1. The summed E-state index contributed by atoms with van der Waals surface area (Å²) in [5, 5.41) is 4.15. The van der Waals surface area contributed by atoms with Crippen LogP contribution in [0.3, 0.4) is 0 Å². The van der Waals surface area contributed by atoms with Gasteiger partial charge in [0.25, 0.3) is 5.91 Å². The maximum Gasteiger partial charge on any atom is 0.395 e. The van der Waals surface area contributed by atoms with E-state index >= 15 is 4.39 Å².